The molecule has 0 saturated carbocycles. The van der Waals surface area contributed by atoms with Crippen LogP contribution < -0.4 is 10.1 Å². The van der Waals surface area contributed by atoms with Gasteiger partial charge in [-0.05, 0) is 43.7 Å². The molecule has 2 heterocycles. The van der Waals surface area contributed by atoms with E-state index in [0.29, 0.717) is 16.8 Å². The number of nitrogens with one attached hydrogen (secondary N) is 1. The molecular weight excluding hydrogens is 501 g/mol. The fourth-order valence-electron chi connectivity index (χ4n) is 3.40. The van der Waals surface area contributed by atoms with Crippen molar-refractivity contribution in [2.24, 2.45) is 0 Å². The number of pyridine rings is 1. The number of ether oxygens (including phenoxy) is 1. The molecule has 0 bridgehead atoms. The number of aromatic nitrogens is 3. The molecule has 1 atom stereocenters. The van der Waals surface area contributed by atoms with E-state index in [4.69, 9.17) is 0 Å². The Bertz CT molecular complexity index is 1220. The summed E-state index contributed by atoms with van der Waals surface area (Å²) >= 11 is 0. The molecule has 0 aliphatic rings. The molecule has 1 amide bonds. The van der Waals surface area contributed by atoms with E-state index in [0.717, 1.165) is 12.3 Å². The molecule has 0 aliphatic carbocycles. The van der Waals surface area contributed by atoms with Crippen LogP contribution in [-0.4, -0.2) is 43.9 Å². The highest BCUT2D eigenvalue weighted by Gasteiger charge is 2.36. The van der Waals surface area contributed by atoms with Gasteiger partial charge < -0.3 is 15.2 Å². The Morgan fingerprint density at radius 3 is 2.36 bits per heavy atom. The number of halogens is 7. The molecule has 194 valence electrons. The van der Waals surface area contributed by atoms with Crippen molar-refractivity contribution in [3.05, 3.63) is 65.9 Å². The van der Waals surface area contributed by atoms with Crippen LogP contribution in [0.3, 0.4) is 0 Å². The van der Waals surface area contributed by atoms with Crippen LogP contribution in [0.5, 0.6) is 5.75 Å². The van der Waals surface area contributed by atoms with Crippen molar-refractivity contribution in [1.82, 2.24) is 20.1 Å². The maximum absolute atomic E-state index is 14.3. The predicted molar refractivity (Wildman–Crippen MR) is 111 cm³/mol. The Balaban J connectivity index is 2.02. The van der Waals surface area contributed by atoms with Gasteiger partial charge in [-0.25, -0.2) is 4.39 Å². The highest BCUT2D eigenvalue weighted by atomic mass is 19.4. The first-order valence-corrected chi connectivity index (χ1v) is 10.2. The van der Waals surface area contributed by atoms with E-state index in [-0.39, 0.29) is 16.8 Å². The van der Waals surface area contributed by atoms with Gasteiger partial charge in [0.2, 0.25) is 0 Å². The summed E-state index contributed by atoms with van der Waals surface area (Å²) in [5.74, 6) is -3.71. The molecule has 0 spiro atoms. The SMILES string of the molecule is CC(C)(O)[C@@H](NC(=O)c1c(-c2ccccn2)cnn1CC(F)(F)F)c1ccc(OC(F)(F)F)c(F)c1. The summed E-state index contributed by atoms with van der Waals surface area (Å²) in [5, 5.41) is 16.6. The number of nitrogens with zero attached hydrogens (tertiary/aromatic N) is 3. The van der Waals surface area contributed by atoms with Crippen LogP contribution in [0.25, 0.3) is 11.3 Å². The number of carbonyl (C=O) groups is 1. The summed E-state index contributed by atoms with van der Waals surface area (Å²) < 4.78 is 95.0. The standard InChI is InChI=1S/C22H19F7N4O3/c1-20(2,35)18(12-6-7-16(14(23)9-12)36-22(27,28)29)32-19(34)17-13(15-5-3-4-8-30-15)10-31-33(17)11-21(24,25)26/h3-10,18,35H,11H2,1-2H3,(H,32,34)/t18-/m0/s1. The summed E-state index contributed by atoms with van der Waals surface area (Å²) in [6.45, 7) is 0.805. The molecule has 3 rings (SSSR count). The molecule has 3 aromatic rings. The Labute approximate surface area is 199 Å². The number of hydrogen-bond donors (Lipinski definition) is 2. The van der Waals surface area contributed by atoms with E-state index in [1.54, 1.807) is 6.07 Å². The first kappa shape index (κ1) is 26.9. The fourth-order valence-corrected chi connectivity index (χ4v) is 3.40. The summed E-state index contributed by atoms with van der Waals surface area (Å²) in [6.07, 6.45) is -7.53. The smallest absolute Gasteiger partial charge is 0.403 e. The second-order valence-corrected chi connectivity index (χ2v) is 8.19. The molecule has 0 aliphatic heterocycles. The van der Waals surface area contributed by atoms with Gasteiger partial charge in [-0.3, -0.25) is 14.5 Å². The first-order valence-electron chi connectivity index (χ1n) is 10.2. The van der Waals surface area contributed by atoms with E-state index in [9.17, 15) is 40.6 Å². The summed E-state index contributed by atoms with van der Waals surface area (Å²) in [7, 11) is 0. The number of hydrogen-bond acceptors (Lipinski definition) is 5. The van der Waals surface area contributed by atoms with Crippen LogP contribution in [0.1, 0.15) is 35.9 Å². The summed E-state index contributed by atoms with van der Waals surface area (Å²) in [4.78, 5) is 17.3. The van der Waals surface area contributed by atoms with E-state index in [2.05, 4.69) is 20.1 Å². The molecule has 0 fully saturated rings. The zero-order chi connectivity index (χ0) is 26.9. The van der Waals surface area contributed by atoms with Crippen molar-refractivity contribution >= 4 is 5.91 Å². The van der Waals surface area contributed by atoms with E-state index >= 15 is 0 Å². The second-order valence-electron chi connectivity index (χ2n) is 8.19. The van der Waals surface area contributed by atoms with Crippen molar-refractivity contribution in [1.29, 1.82) is 0 Å². The van der Waals surface area contributed by atoms with Gasteiger partial charge >= 0.3 is 12.5 Å². The largest absolute Gasteiger partial charge is 0.573 e. The summed E-state index contributed by atoms with van der Waals surface area (Å²) in [5.41, 5.74) is -2.47. The molecule has 36 heavy (non-hydrogen) atoms. The molecule has 2 aromatic heterocycles. The van der Waals surface area contributed by atoms with Crippen molar-refractivity contribution in [2.45, 2.75) is 44.6 Å². The molecule has 14 heteroatoms. The molecule has 0 radical (unpaired) electrons. The minimum Gasteiger partial charge on any atom is -0.403 e. The maximum atomic E-state index is 14.3. The minimum atomic E-state index is -5.16. The topological polar surface area (TPSA) is 89.3 Å². The number of amides is 1. The molecule has 7 nitrogen and oxygen atoms in total. The number of carbonyl (C=O) groups excluding carboxylic acids is 1. The minimum absolute atomic E-state index is 0.0491. The number of benzene rings is 1. The molecule has 1 aromatic carbocycles. The molecule has 0 unspecified atom stereocenters. The van der Waals surface area contributed by atoms with Gasteiger partial charge in [0.1, 0.15) is 12.2 Å². The Morgan fingerprint density at radius 1 is 1.14 bits per heavy atom. The van der Waals surface area contributed by atoms with Gasteiger partial charge in [-0.15, -0.1) is 13.2 Å². The van der Waals surface area contributed by atoms with E-state index in [1.807, 2.05) is 0 Å². The van der Waals surface area contributed by atoms with Crippen LogP contribution in [-0.2, 0) is 6.54 Å². The lowest BCUT2D eigenvalue weighted by Gasteiger charge is -2.31. The third-order valence-corrected chi connectivity index (χ3v) is 4.82. The predicted octanol–water partition coefficient (Wildman–Crippen LogP) is 4.79. The molecular formula is C22H19F7N4O3. The zero-order valence-corrected chi connectivity index (χ0v) is 18.7. The number of rotatable bonds is 7. The van der Waals surface area contributed by atoms with Crippen LogP contribution >= 0.6 is 0 Å². The molecule has 2 N–H and O–H groups in total. The van der Waals surface area contributed by atoms with Gasteiger partial charge in [-0.1, -0.05) is 12.1 Å². The van der Waals surface area contributed by atoms with Gasteiger partial charge in [0.15, 0.2) is 11.6 Å². The summed E-state index contributed by atoms with van der Waals surface area (Å²) in [6, 6.07) is 5.29. The van der Waals surface area contributed by atoms with E-state index in [1.165, 1.54) is 32.2 Å². The lowest BCUT2D eigenvalue weighted by molar-refractivity contribution is -0.275. The van der Waals surface area contributed by atoms with Crippen LogP contribution in [0.15, 0.2) is 48.8 Å². The fraction of sp³-hybridized carbons (Fsp3) is 0.318. The Kier molecular flexibility index (Phi) is 7.30. The van der Waals surface area contributed by atoms with E-state index < -0.39 is 53.9 Å². The van der Waals surface area contributed by atoms with Gasteiger partial charge in [0.25, 0.3) is 5.91 Å². The highest BCUT2D eigenvalue weighted by molar-refractivity contribution is 5.99. The zero-order valence-electron chi connectivity index (χ0n) is 18.7. The Morgan fingerprint density at radius 2 is 1.83 bits per heavy atom. The van der Waals surface area contributed by atoms with Crippen LogP contribution in [0, 0.1) is 5.82 Å². The van der Waals surface area contributed by atoms with Crippen molar-refractivity contribution in [3.63, 3.8) is 0 Å². The highest BCUT2D eigenvalue weighted by Crippen LogP contribution is 2.32. The van der Waals surface area contributed by atoms with Crippen LogP contribution in [0.4, 0.5) is 30.7 Å². The average molecular weight is 520 g/mol. The Hall–Kier alpha value is -3.68. The first-order chi connectivity index (χ1) is 16.5. The van der Waals surface area contributed by atoms with Crippen LogP contribution in [0.2, 0.25) is 0 Å². The number of aliphatic hydroxyl groups is 1. The lowest BCUT2D eigenvalue weighted by atomic mass is 9.91. The quantitative estimate of drug-likeness (QED) is 0.438. The average Bonchev–Trinajstić information content (AvgIpc) is 3.14. The second kappa shape index (κ2) is 9.76. The normalized spacial score (nSPS) is 13.4. The number of alkyl halides is 6. The van der Waals surface area contributed by atoms with Crippen molar-refractivity contribution in [3.8, 4) is 17.0 Å². The maximum Gasteiger partial charge on any atom is 0.573 e. The van der Waals surface area contributed by atoms with Crippen molar-refractivity contribution < 1.29 is 45.4 Å². The van der Waals surface area contributed by atoms with Gasteiger partial charge in [-0.2, -0.15) is 18.3 Å². The third-order valence-electron chi connectivity index (χ3n) is 4.82. The monoisotopic (exact) mass is 520 g/mol. The molecule has 0 saturated heterocycles. The lowest BCUT2D eigenvalue weighted by Crippen LogP contribution is -2.43. The third kappa shape index (κ3) is 6.71. The van der Waals surface area contributed by atoms with Gasteiger partial charge in [0, 0.05) is 6.20 Å². The van der Waals surface area contributed by atoms with Crippen molar-refractivity contribution in [2.75, 3.05) is 0 Å². The van der Waals surface area contributed by atoms with Gasteiger partial charge in [0.05, 0.1) is 29.1 Å².